The third kappa shape index (κ3) is 1.43. The molecule has 0 saturated heterocycles. The van der Waals surface area contributed by atoms with Crippen molar-refractivity contribution in [3.05, 3.63) is 28.3 Å². The highest BCUT2D eigenvalue weighted by molar-refractivity contribution is 6.32. The molecular weight excluding hydrogens is 176 g/mol. The Kier molecular flexibility index (Phi) is 2.38. The van der Waals surface area contributed by atoms with Crippen LogP contribution in [0.2, 0.25) is 5.02 Å². The van der Waals surface area contributed by atoms with Crippen molar-refractivity contribution >= 4 is 17.4 Å². The predicted octanol–water partition coefficient (Wildman–Crippen LogP) is 2.56. The molecule has 2 nitrogen and oxygen atoms in total. The molecule has 3 heteroatoms. The fourth-order valence-electron chi connectivity index (χ4n) is 1.11. The number of carbonyl (C=O) groups is 1. The zero-order valence-corrected chi connectivity index (χ0v) is 7.64. The summed E-state index contributed by atoms with van der Waals surface area (Å²) in [5.74, 6) is -0.295. The van der Waals surface area contributed by atoms with E-state index in [4.69, 9.17) is 11.6 Å². The van der Waals surface area contributed by atoms with Gasteiger partial charge in [0, 0.05) is 0 Å². The summed E-state index contributed by atoms with van der Waals surface area (Å²) < 4.78 is 0. The number of rotatable bonds is 1. The minimum atomic E-state index is -0.174. The second-order valence-electron chi connectivity index (χ2n) is 2.64. The first kappa shape index (κ1) is 9.07. The Hall–Kier alpha value is -1.02. The van der Waals surface area contributed by atoms with Crippen LogP contribution in [0.3, 0.4) is 0 Å². The largest absolute Gasteiger partial charge is 0.506 e. The third-order valence-corrected chi connectivity index (χ3v) is 1.99. The minimum Gasteiger partial charge on any atom is -0.506 e. The van der Waals surface area contributed by atoms with E-state index in [1.165, 1.54) is 6.92 Å². The summed E-state index contributed by atoms with van der Waals surface area (Å²) in [4.78, 5) is 11.0. The molecule has 0 bridgehead atoms. The molecule has 0 aliphatic rings. The molecule has 1 rings (SSSR count). The maximum Gasteiger partial charge on any atom is 0.163 e. The summed E-state index contributed by atoms with van der Waals surface area (Å²) >= 11 is 5.63. The van der Waals surface area contributed by atoms with Gasteiger partial charge in [0.1, 0.15) is 5.75 Å². The van der Waals surface area contributed by atoms with E-state index in [2.05, 4.69) is 0 Å². The lowest BCUT2D eigenvalue weighted by atomic mass is 10.0. The Morgan fingerprint density at radius 1 is 1.50 bits per heavy atom. The summed E-state index contributed by atoms with van der Waals surface area (Å²) in [6.45, 7) is 3.16. The van der Waals surface area contributed by atoms with Crippen LogP contribution >= 0.6 is 11.6 Å². The Bertz CT molecular complexity index is 332. The molecule has 0 unspecified atom stereocenters. The number of carbonyl (C=O) groups excluding carboxylic acids is 1. The van der Waals surface area contributed by atoms with Gasteiger partial charge in [-0.1, -0.05) is 17.7 Å². The average Bonchev–Trinajstić information content (AvgIpc) is 1.97. The molecular formula is C9H9ClO2. The number of phenolic OH excluding ortho intramolecular Hbond substituents is 1. The summed E-state index contributed by atoms with van der Waals surface area (Å²) in [6.07, 6.45) is 0. The lowest BCUT2D eigenvalue weighted by Gasteiger charge is -2.05. The van der Waals surface area contributed by atoms with E-state index in [9.17, 15) is 9.90 Å². The highest BCUT2D eigenvalue weighted by atomic mass is 35.5. The van der Waals surface area contributed by atoms with Crippen LogP contribution in [0, 0.1) is 6.92 Å². The first-order chi connectivity index (χ1) is 5.54. The molecule has 0 atom stereocenters. The van der Waals surface area contributed by atoms with E-state index >= 15 is 0 Å². The topological polar surface area (TPSA) is 37.3 Å². The van der Waals surface area contributed by atoms with Gasteiger partial charge in [0.15, 0.2) is 5.78 Å². The van der Waals surface area contributed by atoms with Crippen LogP contribution in [0.25, 0.3) is 0 Å². The molecule has 0 saturated carbocycles. The maximum atomic E-state index is 11.0. The Morgan fingerprint density at radius 2 is 2.08 bits per heavy atom. The second-order valence-corrected chi connectivity index (χ2v) is 3.05. The fraction of sp³-hybridized carbons (Fsp3) is 0.222. The van der Waals surface area contributed by atoms with Gasteiger partial charge in [-0.05, 0) is 25.5 Å². The highest BCUT2D eigenvalue weighted by Gasteiger charge is 2.12. The molecule has 1 N–H and O–H groups in total. The molecule has 0 aliphatic heterocycles. The zero-order valence-electron chi connectivity index (χ0n) is 6.89. The molecule has 64 valence electrons. The van der Waals surface area contributed by atoms with Crippen molar-refractivity contribution in [1.82, 2.24) is 0 Å². The van der Waals surface area contributed by atoms with Gasteiger partial charge in [0.05, 0.1) is 10.6 Å². The van der Waals surface area contributed by atoms with Crippen molar-refractivity contribution in [2.75, 3.05) is 0 Å². The molecule has 12 heavy (non-hydrogen) atoms. The lowest BCUT2D eigenvalue weighted by Crippen LogP contribution is -1.96. The molecule has 1 aromatic rings. The van der Waals surface area contributed by atoms with Gasteiger partial charge in [0.25, 0.3) is 0 Å². The molecule has 0 fully saturated rings. The Labute approximate surface area is 75.8 Å². The maximum absolute atomic E-state index is 11.0. The molecule has 1 aromatic carbocycles. The molecule has 0 aliphatic carbocycles. The van der Waals surface area contributed by atoms with Crippen molar-refractivity contribution in [3.63, 3.8) is 0 Å². The Balaban J connectivity index is 3.43. The van der Waals surface area contributed by atoms with Crippen LogP contribution < -0.4 is 0 Å². The minimum absolute atomic E-state index is 0.121. The number of benzene rings is 1. The number of hydrogen-bond acceptors (Lipinski definition) is 2. The molecule has 0 radical (unpaired) electrons. The van der Waals surface area contributed by atoms with Crippen molar-refractivity contribution in [2.45, 2.75) is 13.8 Å². The van der Waals surface area contributed by atoms with Gasteiger partial charge in [-0.15, -0.1) is 0 Å². The number of hydrogen-bond donors (Lipinski definition) is 1. The predicted molar refractivity (Wildman–Crippen MR) is 47.9 cm³/mol. The molecule has 0 aromatic heterocycles. The lowest BCUT2D eigenvalue weighted by molar-refractivity contribution is 0.101. The van der Waals surface area contributed by atoms with Gasteiger partial charge in [-0.3, -0.25) is 4.79 Å². The van der Waals surface area contributed by atoms with Crippen LogP contribution in [-0.4, -0.2) is 10.9 Å². The zero-order chi connectivity index (χ0) is 9.30. The molecule has 0 heterocycles. The van der Waals surface area contributed by atoms with Crippen LogP contribution in [0.4, 0.5) is 0 Å². The highest BCUT2D eigenvalue weighted by Crippen LogP contribution is 2.29. The van der Waals surface area contributed by atoms with Crippen molar-refractivity contribution in [2.24, 2.45) is 0 Å². The number of phenols is 1. The number of aromatic hydroxyl groups is 1. The van der Waals surface area contributed by atoms with E-state index in [0.29, 0.717) is 5.56 Å². The van der Waals surface area contributed by atoms with Crippen LogP contribution in [0.1, 0.15) is 22.8 Å². The van der Waals surface area contributed by atoms with E-state index in [1.807, 2.05) is 0 Å². The SMILES string of the molecule is CC(=O)c1c(C)ccc(Cl)c1O. The third-order valence-electron chi connectivity index (χ3n) is 1.69. The van der Waals surface area contributed by atoms with Crippen LogP contribution in [0.15, 0.2) is 12.1 Å². The quantitative estimate of drug-likeness (QED) is 0.682. The summed E-state index contributed by atoms with van der Waals surface area (Å²) in [7, 11) is 0. The van der Waals surface area contributed by atoms with Gasteiger partial charge < -0.3 is 5.11 Å². The first-order valence-corrected chi connectivity index (χ1v) is 3.91. The summed E-state index contributed by atoms with van der Waals surface area (Å²) in [6, 6.07) is 3.28. The number of Topliss-reactive ketones (excluding diaryl/α,β-unsaturated/α-hetero) is 1. The Morgan fingerprint density at radius 3 is 2.50 bits per heavy atom. The smallest absolute Gasteiger partial charge is 0.163 e. The second kappa shape index (κ2) is 3.15. The van der Waals surface area contributed by atoms with E-state index in [0.717, 1.165) is 5.56 Å². The van der Waals surface area contributed by atoms with Crippen LogP contribution in [0.5, 0.6) is 5.75 Å². The number of aryl methyl sites for hydroxylation is 1. The number of ketones is 1. The van der Waals surface area contributed by atoms with Gasteiger partial charge in [-0.25, -0.2) is 0 Å². The van der Waals surface area contributed by atoms with Gasteiger partial charge in [-0.2, -0.15) is 0 Å². The molecule has 0 amide bonds. The normalized spacial score (nSPS) is 9.92. The fourth-order valence-corrected chi connectivity index (χ4v) is 1.27. The van der Waals surface area contributed by atoms with E-state index in [-0.39, 0.29) is 16.6 Å². The average molecular weight is 185 g/mol. The summed E-state index contributed by atoms with van der Waals surface area (Å²) in [5.41, 5.74) is 1.05. The monoisotopic (exact) mass is 184 g/mol. The van der Waals surface area contributed by atoms with Crippen molar-refractivity contribution in [3.8, 4) is 5.75 Å². The van der Waals surface area contributed by atoms with Crippen molar-refractivity contribution in [1.29, 1.82) is 0 Å². The number of halogens is 1. The van der Waals surface area contributed by atoms with Gasteiger partial charge >= 0.3 is 0 Å². The standard InChI is InChI=1S/C9H9ClO2/c1-5-3-4-7(10)9(12)8(5)6(2)11/h3-4,12H,1-2H3. The van der Waals surface area contributed by atoms with E-state index in [1.54, 1.807) is 19.1 Å². The molecule has 0 spiro atoms. The van der Waals surface area contributed by atoms with Crippen LogP contribution in [-0.2, 0) is 0 Å². The van der Waals surface area contributed by atoms with Crippen molar-refractivity contribution < 1.29 is 9.90 Å². The van der Waals surface area contributed by atoms with E-state index < -0.39 is 0 Å². The first-order valence-electron chi connectivity index (χ1n) is 3.53. The summed E-state index contributed by atoms with van der Waals surface area (Å²) in [5, 5.41) is 9.61. The van der Waals surface area contributed by atoms with Gasteiger partial charge in [0.2, 0.25) is 0 Å².